The number of alkyl halides is 3. The molecule has 0 bridgehead atoms. The van der Waals surface area contributed by atoms with Crippen molar-refractivity contribution < 1.29 is 27.2 Å². The van der Waals surface area contributed by atoms with Gasteiger partial charge in [0.25, 0.3) is 5.69 Å². The molecule has 0 aliphatic heterocycles. The fourth-order valence-electron chi connectivity index (χ4n) is 2.39. The Kier molecular flexibility index (Phi) is 4.37. The Morgan fingerprint density at radius 2 is 1.88 bits per heavy atom. The maximum Gasteiger partial charge on any atom is 0.417 e. The standard InChI is InChI=1S/C17H10F3NO5/c18-17(19,20)14-8-16(22)26-15-7-12(4-5-13(14)15)25-9-10-2-1-3-11(6-10)21(23)24/h1-8H,9H2. The lowest BCUT2D eigenvalue weighted by molar-refractivity contribution is -0.384. The highest BCUT2D eigenvalue weighted by atomic mass is 19.4. The Morgan fingerprint density at radius 1 is 1.12 bits per heavy atom. The van der Waals surface area contributed by atoms with Crippen molar-refractivity contribution in [2.75, 3.05) is 0 Å². The van der Waals surface area contributed by atoms with Crippen molar-refractivity contribution in [3.63, 3.8) is 0 Å². The van der Waals surface area contributed by atoms with Crippen LogP contribution in [-0.2, 0) is 12.8 Å². The zero-order valence-electron chi connectivity index (χ0n) is 12.9. The molecule has 0 radical (unpaired) electrons. The van der Waals surface area contributed by atoms with Crippen molar-refractivity contribution in [3.8, 4) is 5.75 Å². The Hall–Kier alpha value is -3.36. The van der Waals surface area contributed by atoms with Gasteiger partial charge in [-0.1, -0.05) is 12.1 Å². The lowest BCUT2D eigenvalue weighted by Gasteiger charge is -2.11. The molecule has 0 aliphatic rings. The molecule has 0 N–H and O–H groups in total. The van der Waals surface area contributed by atoms with Gasteiger partial charge in [0.1, 0.15) is 17.9 Å². The molecule has 0 spiro atoms. The third kappa shape index (κ3) is 3.66. The van der Waals surface area contributed by atoms with E-state index in [2.05, 4.69) is 0 Å². The van der Waals surface area contributed by atoms with Gasteiger partial charge in [0.15, 0.2) is 0 Å². The van der Waals surface area contributed by atoms with Crippen molar-refractivity contribution in [1.29, 1.82) is 0 Å². The average Bonchev–Trinajstić information content (AvgIpc) is 2.58. The molecule has 26 heavy (non-hydrogen) atoms. The third-order valence-corrected chi connectivity index (χ3v) is 3.55. The van der Waals surface area contributed by atoms with E-state index in [4.69, 9.17) is 9.15 Å². The molecule has 1 aromatic heterocycles. The van der Waals surface area contributed by atoms with E-state index in [9.17, 15) is 28.1 Å². The highest BCUT2D eigenvalue weighted by Gasteiger charge is 2.33. The third-order valence-electron chi connectivity index (χ3n) is 3.55. The zero-order chi connectivity index (χ0) is 18.9. The Labute approximate surface area is 143 Å². The minimum absolute atomic E-state index is 0.0453. The maximum atomic E-state index is 13.0. The monoisotopic (exact) mass is 365 g/mol. The second-order valence-electron chi connectivity index (χ2n) is 5.35. The summed E-state index contributed by atoms with van der Waals surface area (Å²) in [7, 11) is 0. The number of nitrogens with zero attached hydrogens (tertiary/aromatic N) is 1. The minimum Gasteiger partial charge on any atom is -0.489 e. The van der Waals surface area contributed by atoms with Gasteiger partial charge in [-0.15, -0.1) is 0 Å². The lowest BCUT2D eigenvalue weighted by atomic mass is 10.1. The highest BCUT2D eigenvalue weighted by molar-refractivity contribution is 5.82. The molecule has 3 rings (SSSR count). The molecule has 134 valence electrons. The molecule has 3 aromatic rings. The van der Waals surface area contributed by atoms with Crippen LogP contribution in [0.4, 0.5) is 18.9 Å². The largest absolute Gasteiger partial charge is 0.489 e. The highest BCUT2D eigenvalue weighted by Crippen LogP contribution is 2.34. The molecule has 2 aromatic carbocycles. The average molecular weight is 365 g/mol. The first-order chi connectivity index (χ1) is 12.2. The van der Waals surface area contributed by atoms with E-state index in [1.165, 1.54) is 30.3 Å². The van der Waals surface area contributed by atoms with Crippen LogP contribution in [0.1, 0.15) is 11.1 Å². The van der Waals surface area contributed by atoms with Crippen LogP contribution < -0.4 is 10.4 Å². The second kappa shape index (κ2) is 6.51. The molecular weight excluding hydrogens is 355 g/mol. The molecule has 0 saturated heterocycles. The molecule has 1 heterocycles. The summed E-state index contributed by atoms with van der Waals surface area (Å²) in [5.74, 6) is 0.159. The fraction of sp³-hybridized carbons (Fsp3) is 0.118. The van der Waals surface area contributed by atoms with E-state index in [1.54, 1.807) is 6.07 Å². The zero-order valence-corrected chi connectivity index (χ0v) is 12.9. The van der Waals surface area contributed by atoms with Gasteiger partial charge in [0.05, 0.1) is 10.5 Å². The van der Waals surface area contributed by atoms with Gasteiger partial charge in [-0.2, -0.15) is 13.2 Å². The van der Waals surface area contributed by atoms with Gasteiger partial charge < -0.3 is 9.15 Å². The molecule has 0 amide bonds. The number of halogens is 3. The number of nitro benzene ring substituents is 1. The first-order valence-corrected chi connectivity index (χ1v) is 7.25. The van der Waals surface area contributed by atoms with E-state index >= 15 is 0 Å². The van der Waals surface area contributed by atoms with E-state index < -0.39 is 22.3 Å². The van der Waals surface area contributed by atoms with E-state index in [0.717, 1.165) is 6.07 Å². The van der Waals surface area contributed by atoms with Crippen molar-refractivity contribution >= 4 is 16.7 Å². The Morgan fingerprint density at radius 3 is 2.58 bits per heavy atom. The Bertz CT molecular complexity index is 1040. The van der Waals surface area contributed by atoms with Gasteiger partial charge in [-0.3, -0.25) is 10.1 Å². The van der Waals surface area contributed by atoms with Gasteiger partial charge >= 0.3 is 11.8 Å². The first-order valence-electron chi connectivity index (χ1n) is 7.25. The van der Waals surface area contributed by atoms with E-state index in [-0.39, 0.29) is 29.0 Å². The van der Waals surface area contributed by atoms with Crippen LogP contribution in [0, 0.1) is 10.1 Å². The van der Waals surface area contributed by atoms with Crippen molar-refractivity contribution in [1.82, 2.24) is 0 Å². The van der Waals surface area contributed by atoms with Gasteiger partial charge in [-0.25, -0.2) is 4.79 Å². The summed E-state index contributed by atoms with van der Waals surface area (Å²) in [5, 5.41) is 10.5. The van der Waals surface area contributed by atoms with E-state index in [0.29, 0.717) is 11.6 Å². The Balaban J connectivity index is 1.89. The summed E-state index contributed by atoms with van der Waals surface area (Å²) in [4.78, 5) is 21.6. The molecule has 0 saturated carbocycles. The van der Waals surface area contributed by atoms with Crippen molar-refractivity contribution in [2.24, 2.45) is 0 Å². The summed E-state index contributed by atoms with van der Waals surface area (Å²) in [6.45, 7) is -0.0453. The second-order valence-corrected chi connectivity index (χ2v) is 5.35. The normalized spacial score (nSPS) is 11.5. The quantitative estimate of drug-likeness (QED) is 0.391. The number of non-ortho nitro benzene ring substituents is 1. The molecular formula is C17H10F3NO5. The first kappa shape index (κ1) is 17.5. The van der Waals surface area contributed by atoms with Crippen LogP contribution in [0.25, 0.3) is 11.0 Å². The predicted octanol–water partition coefficient (Wildman–Crippen LogP) is 4.30. The molecule has 6 nitrogen and oxygen atoms in total. The summed E-state index contributed by atoms with van der Waals surface area (Å²) in [5.41, 5.74) is -2.08. The number of ether oxygens (including phenoxy) is 1. The van der Waals surface area contributed by atoms with Crippen LogP contribution >= 0.6 is 0 Å². The number of fused-ring (bicyclic) bond motifs is 1. The van der Waals surface area contributed by atoms with Gasteiger partial charge in [0.2, 0.25) is 0 Å². The van der Waals surface area contributed by atoms with Gasteiger partial charge in [0, 0.05) is 29.7 Å². The lowest BCUT2D eigenvalue weighted by Crippen LogP contribution is -2.11. The maximum absolute atomic E-state index is 13.0. The fourth-order valence-corrected chi connectivity index (χ4v) is 2.39. The molecule has 0 fully saturated rings. The number of rotatable bonds is 4. The molecule has 0 atom stereocenters. The predicted molar refractivity (Wildman–Crippen MR) is 84.9 cm³/mol. The number of hydrogen-bond donors (Lipinski definition) is 0. The molecule has 0 aliphatic carbocycles. The topological polar surface area (TPSA) is 82.6 Å². The summed E-state index contributed by atoms with van der Waals surface area (Å²) in [6.07, 6.45) is -4.69. The molecule has 0 unspecified atom stereocenters. The number of hydrogen-bond acceptors (Lipinski definition) is 5. The number of benzene rings is 2. The van der Waals surface area contributed by atoms with Crippen LogP contribution in [0.2, 0.25) is 0 Å². The van der Waals surface area contributed by atoms with Crippen LogP contribution in [0.3, 0.4) is 0 Å². The van der Waals surface area contributed by atoms with Crippen molar-refractivity contribution in [2.45, 2.75) is 12.8 Å². The van der Waals surface area contributed by atoms with Crippen LogP contribution in [0.15, 0.2) is 57.7 Å². The van der Waals surface area contributed by atoms with E-state index in [1.807, 2.05) is 0 Å². The minimum atomic E-state index is -4.69. The van der Waals surface area contributed by atoms with Crippen LogP contribution in [-0.4, -0.2) is 4.92 Å². The SMILES string of the molecule is O=c1cc(C(F)(F)F)c2ccc(OCc3cccc([N+](=O)[O-])c3)cc2o1. The van der Waals surface area contributed by atoms with Crippen LogP contribution in [0.5, 0.6) is 5.75 Å². The van der Waals surface area contributed by atoms with Crippen molar-refractivity contribution in [3.05, 3.63) is 80.2 Å². The summed E-state index contributed by atoms with van der Waals surface area (Å²) < 4.78 is 49.3. The molecule has 9 heteroatoms. The summed E-state index contributed by atoms with van der Waals surface area (Å²) >= 11 is 0. The smallest absolute Gasteiger partial charge is 0.417 e. The number of nitro groups is 1. The summed E-state index contributed by atoms with van der Waals surface area (Å²) in [6, 6.07) is 9.76. The van der Waals surface area contributed by atoms with Gasteiger partial charge in [-0.05, 0) is 17.7 Å².